The van der Waals surface area contributed by atoms with Crippen LogP contribution in [0.15, 0.2) is 5.11 Å². The molecular formula is C13H24N4O4. The van der Waals surface area contributed by atoms with E-state index >= 15 is 0 Å². The summed E-state index contributed by atoms with van der Waals surface area (Å²) < 4.78 is 16.3. The number of ether oxygens (including phenoxy) is 3. The fraction of sp³-hybridized carbons (Fsp3) is 0.923. The Bertz CT molecular complexity index is 403. The van der Waals surface area contributed by atoms with Crippen LogP contribution < -0.4 is 5.73 Å². The molecule has 2 unspecified atom stereocenters. The van der Waals surface area contributed by atoms with E-state index in [1.807, 2.05) is 6.92 Å². The smallest absolute Gasteiger partial charge is 0.332 e. The van der Waals surface area contributed by atoms with Crippen molar-refractivity contribution < 1.29 is 19.0 Å². The fourth-order valence-corrected chi connectivity index (χ4v) is 2.21. The summed E-state index contributed by atoms with van der Waals surface area (Å²) in [7, 11) is 0. The highest BCUT2D eigenvalue weighted by molar-refractivity contribution is 5.71. The predicted molar refractivity (Wildman–Crippen MR) is 76.5 cm³/mol. The molecule has 0 aromatic carbocycles. The third-order valence-electron chi connectivity index (χ3n) is 3.04. The van der Waals surface area contributed by atoms with Crippen molar-refractivity contribution in [1.82, 2.24) is 0 Å². The van der Waals surface area contributed by atoms with E-state index in [-0.39, 0.29) is 12.7 Å². The third kappa shape index (κ3) is 5.51. The van der Waals surface area contributed by atoms with Crippen molar-refractivity contribution in [2.24, 2.45) is 10.8 Å². The van der Waals surface area contributed by atoms with E-state index in [1.165, 1.54) is 0 Å². The van der Waals surface area contributed by atoms with Crippen molar-refractivity contribution in [2.75, 3.05) is 13.2 Å². The van der Waals surface area contributed by atoms with E-state index in [9.17, 15) is 4.79 Å². The molecule has 1 rings (SSSR count). The maximum absolute atomic E-state index is 11.7. The predicted octanol–water partition coefficient (Wildman–Crippen LogP) is 1.53. The highest BCUT2D eigenvalue weighted by Gasteiger charge is 2.39. The Balaban J connectivity index is 2.68. The molecule has 0 spiro atoms. The van der Waals surface area contributed by atoms with Crippen LogP contribution in [0.1, 0.15) is 34.1 Å². The first-order valence-corrected chi connectivity index (χ1v) is 7.03. The lowest BCUT2D eigenvalue weighted by atomic mass is 9.95. The molecule has 0 bridgehead atoms. The van der Waals surface area contributed by atoms with E-state index in [0.717, 1.165) is 0 Å². The van der Waals surface area contributed by atoms with Crippen LogP contribution in [0.3, 0.4) is 0 Å². The molecule has 1 heterocycles. The maximum Gasteiger partial charge on any atom is 0.332 e. The van der Waals surface area contributed by atoms with Crippen molar-refractivity contribution in [3.8, 4) is 0 Å². The van der Waals surface area contributed by atoms with Crippen LogP contribution in [0.4, 0.5) is 0 Å². The van der Waals surface area contributed by atoms with E-state index in [0.29, 0.717) is 13.0 Å². The van der Waals surface area contributed by atoms with E-state index in [4.69, 9.17) is 25.5 Å². The highest BCUT2D eigenvalue weighted by atomic mass is 16.6. The molecule has 0 amide bonds. The maximum atomic E-state index is 11.7. The second-order valence-corrected chi connectivity index (χ2v) is 6.00. The number of nitrogens with two attached hydrogens (primary N) is 1. The third-order valence-corrected chi connectivity index (χ3v) is 3.04. The zero-order chi connectivity index (χ0) is 16.0. The second-order valence-electron chi connectivity index (χ2n) is 6.00. The molecule has 1 saturated heterocycles. The van der Waals surface area contributed by atoms with Crippen LogP contribution in [0.25, 0.3) is 10.4 Å². The van der Waals surface area contributed by atoms with Gasteiger partial charge in [0, 0.05) is 4.91 Å². The number of azide groups is 1. The molecule has 21 heavy (non-hydrogen) atoms. The molecule has 1 aliphatic rings. The van der Waals surface area contributed by atoms with E-state index in [1.54, 1.807) is 20.8 Å². The number of rotatable bonds is 5. The number of carbonyl (C=O) groups excluding carboxylic acids is 1. The minimum absolute atomic E-state index is 0.233. The molecule has 8 nitrogen and oxygen atoms in total. The van der Waals surface area contributed by atoms with Gasteiger partial charge in [-0.2, -0.15) is 0 Å². The standard InChI is InChI=1S/C13H24N4O4/c1-5-9-11(16-17-15)12(8(14)6-19-9)20-7-10(18)21-13(2,3)4/h8-9,11-12H,5-7,14H2,1-4H3/t8?,9?,11-,12+/m0/s1. The first kappa shape index (κ1) is 17.7. The lowest BCUT2D eigenvalue weighted by Crippen LogP contribution is -2.57. The Morgan fingerprint density at radius 3 is 2.71 bits per heavy atom. The van der Waals surface area contributed by atoms with Crippen molar-refractivity contribution >= 4 is 5.97 Å². The van der Waals surface area contributed by atoms with Crippen molar-refractivity contribution in [2.45, 2.75) is 64.0 Å². The van der Waals surface area contributed by atoms with Crippen LogP contribution in [-0.2, 0) is 19.0 Å². The zero-order valence-electron chi connectivity index (χ0n) is 13.0. The summed E-state index contributed by atoms with van der Waals surface area (Å²) in [5.74, 6) is -0.478. The van der Waals surface area contributed by atoms with Gasteiger partial charge in [-0.25, -0.2) is 4.79 Å². The summed E-state index contributed by atoms with van der Waals surface area (Å²) in [6.07, 6.45) is -0.153. The number of hydrogen-bond acceptors (Lipinski definition) is 6. The Morgan fingerprint density at radius 2 is 2.19 bits per heavy atom. The van der Waals surface area contributed by atoms with Gasteiger partial charge in [-0.3, -0.25) is 0 Å². The molecule has 8 heteroatoms. The van der Waals surface area contributed by atoms with Gasteiger partial charge in [0.05, 0.1) is 30.9 Å². The SMILES string of the molecule is CCC1OCC(N)[C@@H](OCC(=O)OC(C)(C)C)[C@H]1N=[N+]=[N-]. The Morgan fingerprint density at radius 1 is 1.52 bits per heavy atom. The van der Waals surface area contributed by atoms with Gasteiger partial charge in [0.1, 0.15) is 12.2 Å². The molecule has 4 atom stereocenters. The normalized spacial score (nSPS) is 29.6. The van der Waals surface area contributed by atoms with Gasteiger partial charge in [-0.1, -0.05) is 12.0 Å². The summed E-state index contributed by atoms with van der Waals surface area (Å²) in [6, 6.07) is -1.00. The van der Waals surface area contributed by atoms with Gasteiger partial charge in [0.25, 0.3) is 0 Å². The highest BCUT2D eigenvalue weighted by Crippen LogP contribution is 2.23. The van der Waals surface area contributed by atoms with Crippen molar-refractivity contribution in [3.05, 3.63) is 10.4 Å². The average molecular weight is 300 g/mol. The lowest BCUT2D eigenvalue weighted by molar-refractivity contribution is -0.167. The van der Waals surface area contributed by atoms with Crippen LogP contribution in [0, 0.1) is 0 Å². The summed E-state index contributed by atoms with van der Waals surface area (Å²) >= 11 is 0. The first-order chi connectivity index (χ1) is 9.78. The van der Waals surface area contributed by atoms with Gasteiger partial charge < -0.3 is 19.9 Å². The Kier molecular flexibility index (Phi) is 6.42. The number of nitrogens with zero attached hydrogens (tertiary/aromatic N) is 3. The minimum atomic E-state index is -0.575. The van der Waals surface area contributed by atoms with E-state index in [2.05, 4.69) is 10.0 Å². The molecule has 0 aromatic heterocycles. The molecule has 0 saturated carbocycles. The minimum Gasteiger partial charge on any atom is -0.458 e. The van der Waals surface area contributed by atoms with Gasteiger partial charge >= 0.3 is 5.97 Å². The molecular weight excluding hydrogens is 276 g/mol. The molecule has 0 aromatic rings. The van der Waals surface area contributed by atoms with Crippen LogP contribution in [0.2, 0.25) is 0 Å². The van der Waals surface area contributed by atoms with Crippen molar-refractivity contribution in [1.29, 1.82) is 0 Å². The summed E-state index contributed by atoms with van der Waals surface area (Å²) in [5.41, 5.74) is 14.1. The monoisotopic (exact) mass is 300 g/mol. The summed E-state index contributed by atoms with van der Waals surface area (Å²) in [4.78, 5) is 14.5. The average Bonchev–Trinajstić information content (AvgIpc) is 2.36. The molecule has 0 aliphatic carbocycles. The number of esters is 1. The van der Waals surface area contributed by atoms with Gasteiger partial charge in [0.15, 0.2) is 0 Å². The topological polar surface area (TPSA) is 120 Å². The van der Waals surface area contributed by atoms with Crippen LogP contribution in [-0.4, -0.2) is 49.1 Å². The largest absolute Gasteiger partial charge is 0.458 e. The molecule has 2 N–H and O–H groups in total. The molecule has 1 aliphatic heterocycles. The summed E-state index contributed by atoms with van der Waals surface area (Å²) in [5, 5.41) is 3.72. The molecule has 1 fully saturated rings. The molecule has 120 valence electrons. The Hall–Kier alpha value is -1.34. The number of hydrogen-bond donors (Lipinski definition) is 1. The van der Waals surface area contributed by atoms with Gasteiger partial charge in [-0.05, 0) is 32.7 Å². The molecule has 0 radical (unpaired) electrons. The second kappa shape index (κ2) is 7.61. The number of carbonyl (C=O) groups is 1. The van der Waals surface area contributed by atoms with Gasteiger partial charge in [-0.15, -0.1) is 0 Å². The fourth-order valence-electron chi connectivity index (χ4n) is 2.21. The quantitative estimate of drug-likeness (QED) is 0.357. The van der Waals surface area contributed by atoms with Gasteiger partial charge in [0.2, 0.25) is 0 Å². The van der Waals surface area contributed by atoms with E-state index < -0.39 is 29.8 Å². The van der Waals surface area contributed by atoms with Crippen molar-refractivity contribution in [3.63, 3.8) is 0 Å². The first-order valence-electron chi connectivity index (χ1n) is 7.03. The Labute approximate surface area is 124 Å². The zero-order valence-corrected chi connectivity index (χ0v) is 13.0. The summed E-state index contributed by atoms with van der Waals surface area (Å²) in [6.45, 7) is 7.33. The van der Waals surface area contributed by atoms with Crippen LogP contribution >= 0.6 is 0 Å². The lowest BCUT2D eigenvalue weighted by Gasteiger charge is -2.38. The van der Waals surface area contributed by atoms with Crippen LogP contribution in [0.5, 0.6) is 0 Å².